The van der Waals surface area contributed by atoms with Crippen LogP contribution in [0.2, 0.25) is 20.1 Å². The first kappa shape index (κ1) is 17.2. The first-order chi connectivity index (χ1) is 10.5. The van der Waals surface area contributed by atoms with Crippen LogP contribution in [0.4, 0.5) is 0 Å². The molecule has 0 radical (unpaired) electrons. The van der Waals surface area contributed by atoms with Gasteiger partial charge in [0.2, 0.25) is 5.91 Å². The second-order valence-corrected chi connectivity index (χ2v) is 6.12. The van der Waals surface area contributed by atoms with Gasteiger partial charge in [0.25, 0.3) is 0 Å². The fourth-order valence-electron chi connectivity index (χ4n) is 1.70. The number of amides is 1. The minimum Gasteiger partial charge on any atom is -0.348 e. The molecule has 0 fully saturated rings. The van der Waals surface area contributed by atoms with Crippen LogP contribution in [0.25, 0.3) is 6.08 Å². The van der Waals surface area contributed by atoms with Gasteiger partial charge < -0.3 is 5.32 Å². The Hall–Kier alpha value is -1.19. The van der Waals surface area contributed by atoms with Gasteiger partial charge in [-0.1, -0.05) is 58.5 Å². The van der Waals surface area contributed by atoms with Gasteiger partial charge >= 0.3 is 0 Å². The van der Waals surface area contributed by atoms with E-state index in [9.17, 15) is 4.79 Å². The molecule has 1 N–H and O–H groups in total. The van der Waals surface area contributed by atoms with Crippen LogP contribution in [0.1, 0.15) is 11.1 Å². The Morgan fingerprint density at radius 3 is 2.41 bits per heavy atom. The number of hydrogen-bond donors (Lipinski definition) is 1. The van der Waals surface area contributed by atoms with Crippen LogP contribution >= 0.6 is 46.4 Å². The van der Waals surface area contributed by atoms with Crippen LogP contribution in [0.15, 0.2) is 42.5 Å². The molecule has 1 amide bonds. The lowest BCUT2D eigenvalue weighted by atomic mass is 10.2. The minimum atomic E-state index is -0.239. The van der Waals surface area contributed by atoms with Crippen molar-refractivity contribution in [2.75, 3.05) is 0 Å². The van der Waals surface area contributed by atoms with Gasteiger partial charge in [-0.25, -0.2) is 0 Å². The van der Waals surface area contributed by atoms with E-state index in [2.05, 4.69) is 5.32 Å². The van der Waals surface area contributed by atoms with E-state index >= 15 is 0 Å². The van der Waals surface area contributed by atoms with Crippen molar-refractivity contribution in [2.24, 2.45) is 0 Å². The van der Waals surface area contributed by atoms with Gasteiger partial charge in [-0.2, -0.15) is 0 Å². The summed E-state index contributed by atoms with van der Waals surface area (Å²) in [6.45, 7) is 0.356. The van der Waals surface area contributed by atoms with E-state index in [1.165, 1.54) is 6.08 Å². The van der Waals surface area contributed by atoms with Crippen molar-refractivity contribution < 1.29 is 4.79 Å². The molecule has 0 saturated carbocycles. The highest BCUT2D eigenvalue weighted by molar-refractivity contribution is 6.42. The Morgan fingerprint density at radius 1 is 0.955 bits per heavy atom. The van der Waals surface area contributed by atoms with Gasteiger partial charge in [0, 0.05) is 22.7 Å². The maximum absolute atomic E-state index is 11.8. The molecule has 6 heteroatoms. The molecule has 2 aromatic rings. The highest BCUT2D eigenvalue weighted by Gasteiger charge is 2.02. The topological polar surface area (TPSA) is 29.1 Å². The van der Waals surface area contributed by atoms with E-state index in [4.69, 9.17) is 46.4 Å². The van der Waals surface area contributed by atoms with E-state index < -0.39 is 0 Å². The number of carbonyl (C=O) groups is 1. The van der Waals surface area contributed by atoms with Crippen molar-refractivity contribution in [1.29, 1.82) is 0 Å². The molecule has 0 aliphatic heterocycles. The Labute approximate surface area is 148 Å². The SMILES string of the molecule is O=C(/C=C/c1ccc(Cl)cc1Cl)NCc1ccc(Cl)c(Cl)c1. The quantitative estimate of drug-likeness (QED) is 0.690. The van der Waals surface area contributed by atoms with Crippen LogP contribution in [0.3, 0.4) is 0 Å². The molecule has 0 aromatic heterocycles. The van der Waals surface area contributed by atoms with E-state index in [0.29, 0.717) is 26.6 Å². The predicted octanol–water partition coefficient (Wildman–Crippen LogP) is 5.63. The first-order valence-electron chi connectivity index (χ1n) is 6.30. The third-order valence-electron chi connectivity index (χ3n) is 2.83. The third kappa shape index (κ3) is 4.92. The zero-order valence-corrected chi connectivity index (χ0v) is 14.3. The lowest BCUT2D eigenvalue weighted by molar-refractivity contribution is -0.116. The summed E-state index contributed by atoms with van der Waals surface area (Å²) >= 11 is 23.6. The van der Waals surface area contributed by atoms with Gasteiger partial charge in [-0.05, 0) is 41.5 Å². The molecule has 0 unspecified atom stereocenters. The summed E-state index contributed by atoms with van der Waals surface area (Å²) in [6, 6.07) is 10.3. The predicted molar refractivity (Wildman–Crippen MR) is 93.8 cm³/mol. The van der Waals surface area contributed by atoms with Crippen molar-refractivity contribution in [3.8, 4) is 0 Å². The summed E-state index contributed by atoms with van der Waals surface area (Å²) < 4.78 is 0. The molecular formula is C16H11Cl4NO. The van der Waals surface area contributed by atoms with Crippen molar-refractivity contribution in [3.63, 3.8) is 0 Å². The van der Waals surface area contributed by atoms with Crippen LogP contribution in [-0.4, -0.2) is 5.91 Å². The molecular weight excluding hydrogens is 364 g/mol. The lowest BCUT2D eigenvalue weighted by Crippen LogP contribution is -2.20. The monoisotopic (exact) mass is 373 g/mol. The van der Waals surface area contributed by atoms with Gasteiger partial charge in [0.15, 0.2) is 0 Å². The van der Waals surface area contributed by atoms with E-state index in [-0.39, 0.29) is 5.91 Å². The van der Waals surface area contributed by atoms with Crippen LogP contribution in [-0.2, 0) is 11.3 Å². The summed E-state index contributed by atoms with van der Waals surface area (Å²) in [5.74, 6) is -0.239. The minimum absolute atomic E-state index is 0.239. The molecule has 0 saturated heterocycles. The van der Waals surface area contributed by atoms with E-state index in [1.807, 2.05) is 0 Å². The standard InChI is InChI=1S/C16H11Cl4NO/c17-12-4-2-11(14(19)8-12)3-6-16(22)21-9-10-1-5-13(18)15(20)7-10/h1-8H,9H2,(H,21,22)/b6-3+. The molecule has 0 heterocycles. The van der Waals surface area contributed by atoms with Gasteiger partial charge in [-0.3, -0.25) is 4.79 Å². The van der Waals surface area contributed by atoms with E-state index in [0.717, 1.165) is 11.1 Å². The Kier molecular flexibility index (Phi) is 6.16. The Balaban J connectivity index is 1.95. The van der Waals surface area contributed by atoms with Gasteiger partial charge in [-0.15, -0.1) is 0 Å². The highest BCUT2D eigenvalue weighted by Crippen LogP contribution is 2.23. The van der Waals surface area contributed by atoms with E-state index in [1.54, 1.807) is 42.5 Å². The molecule has 0 aliphatic carbocycles. The number of nitrogens with one attached hydrogen (secondary N) is 1. The summed E-state index contributed by atoms with van der Waals surface area (Å²) in [5, 5.41) is 4.72. The van der Waals surface area contributed by atoms with Crippen LogP contribution in [0, 0.1) is 0 Å². The van der Waals surface area contributed by atoms with Crippen molar-refractivity contribution in [3.05, 3.63) is 73.7 Å². The summed E-state index contributed by atoms with van der Waals surface area (Å²) in [4.78, 5) is 11.8. The maximum atomic E-state index is 11.8. The molecule has 0 atom stereocenters. The second-order valence-electron chi connectivity index (χ2n) is 4.47. The molecule has 0 bridgehead atoms. The molecule has 2 aromatic carbocycles. The van der Waals surface area contributed by atoms with Crippen molar-refractivity contribution >= 4 is 58.4 Å². The Morgan fingerprint density at radius 2 is 1.73 bits per heavy atom. The number of benzene rings is 2. The van der Waals surface area contributed by atoms with Gasteiger partial charge in [0.1, 0.15) is 0 Å². The first-order valence-corrected chi connectivity index (χ1v) is 7.82. The smallest absolute Gasteiger partial charge is 0.244 e. The third-order valence-corrected chi connectivity index (χ3v) is 4.13. The number of carbonyl (C=O) groups excluding carboxylic acids is 1. The zero-order valence-electron chi connectivity index (χ0n) is 11.2. The summed E-state index contributed by atoms with van der Waals surface area (Å²) in [6.07, 6.45) is 3.04. The largest absolute Gasteiger partial charge is 0.348 e. The molecule has 2 rings (SSSR count). The van der Waals surface area contributed by atoms with Crippen LogP contribution < -0.4 is 5.32 Å². The number of halogens is 4. The lowest BCUT2D eigenvalue weighted by Gasteiger charge is -2.04. The highest BCUT2D eigenvalue weighted by atomic mass is 35.5. The molecule has 114 valence electrons. The molecule has 0 spiro atoms. The fraction of sp³-hybridized carbons (Fsp3) is 0.0625. The summed E-state index contributed by atoms with van der Waals surface area (Å²) in [5.41, 5.74) is 1.58. The van der Waals surface area contributed by atoms with Crippen molar-refractivity contribution in [1.82, 2.24) is 5.32 Å². The number of hydrogen-bond acceptors (Lipinski definition) is 1. The molecule has 22 heavy (non-hydrogen) atoms. The second kappa shape index (κ2) is 7.89. The summed E-state index contributed by atoms with van der Waals surface area (Å²) in [7, 11) is 0. The number of rotatable bonds is 4. The van der Waals surface area contributed by atoms with Gasteiger partial charge in [0.05, 0.1) is 10.0 Å². The fourth-order valence-corrected chi connectivity index (χ4v) is 2.49. The van der Waals surface area contributed by atoms with Crippen LogP contribution in [0.5, 0.6) is 0 Å². The average Bonchev–Trinajstić information content (AvgIpc) is 2.47. The zero-order chi connectivity index (χ0) is 16.1. The average molecular weight is 375 g/mol. The Bertz CT molecular complexity index is 728. The molecule has 2 nitrogen and oxygen atoms in total. The normalized spacial score (nSPS) is 10.9. The maximum Gasteiger partial charge on any atom is 0.244 e. The van der Waals surface area contributed by atoms with Crippen molar-refractivity contribution in [2.45, 2.75) is 6.54 Å². The molecule has 0 aliphatic rings.